The third kappa shape index (κ3) is 2.96. The summed E-state index contributed by atoms with van der Waals surface area (Å²) in [6.45, 7) is 9.91. The Bertz CT molecular complexity index is 562. The first kappa shape index (κ1) is 17.8. The van der Waals surface area contributed by atoms with Crippen molar-refractivity contribution in [1.29, 1.82) is 0 Å². The van der Waals surface area contributed by atoms with E-state index in [1.807, 2.05) is 6.92 Å². The molecule has 2 N–H and O–H groups in total. The Hall–Kier alpha value is -1.58. The van der Waals surface area contributed by atoms with Gasteiger partial charge in [-0.3, -0.25) is 4.79 Å². The Kier molecular flexibility index (Phi) is 4.74. The molecule has 0 heterocycles. The van der Waals surface area contributed by atoms with Crippen molar-refractivity contribution in [2.24, 2.45) is 22.7 Å². The van der Waals surface area contributed by atoms with Gasteiger partial charge in [-0.2, -0.15) is 0 Å². The Balaban J connectivity index is 2.35. The molecule has 0 bridgehead atoms. The average Bonchev–Trinajstić information content (AvgIpc) is 2.45. The van der Waals surface area contributed by atoms with Crippen LogP contribution in [0.4, 0.5) is 0 Å². The number of carboxylic acid groups (broad SMARTS) is 2. The summed E-state index contributed by atoms with van der Waals surface area (Å²) in [5.74, 6) is -1.31. The molecular weight excluding hydrogens is 292 g/mol. The molecular formula is C19H28O4. The number of carboxylic acids is 2. The standard InChI is InChI=1S/C19H28O4/c1-12-7-9-15-18(3,10-5-11-19(15,4)17(22)23)14(12)8-6-13(2)16(20)21/h6,14-15H,1,5,7-11H2,2-4H3,(H,20,21)(H,22,23). The van der Waals surface area contributed by atoms with Crippen molar-refractivity contribution in [2.75, 3.05) is 0 Å². The smallest absolute Gasteiger partial charge is 0.330 e. The van der Waals surface area contributed by atoms with E-state index in [0.29, 0.717) is 12.0 Å². The van der Waals surface area contributed by atoms with Gasteiger partial charge >= 0.3 is 11.9 Å². The molecule has 0 radical (unpaired) electrons. The third-order valence-electron chi connectivity index (χ3n) is 6.51. The molecule has 0 aromatic carbocycles. The maximum atomic E-state index is 11.9. The molecule has 2 aliphatic carbocycles. The SMILES string of the molecule is C=C1CCC2C(C)(C(=O)O)CCCC2(C)C1CC=C(C)C(=O)O. The molecule has 0 aliphatic heterocycles. The normalized spacial score (nSPS) is 38.0. The van der Waals surface area contributed by atoms with Crippen LogP contribution in [0.2, 0.25) is 0 Å². The molecule has 4 nitrogen and oxygen atoms in total. The molecule has 0 aromatic rings. The molecule has 0 saturated heterocycles. The lowest BCUT2D eigenvalue weighted by atomic mass is 9.46. The van der Waals surface area contributed by atoms with E-state index in [-0.39, 0.29) is 17.3 Å². The van der Waals surface area contributed by atoms with Gasteiger partial charge in [-0.25, -0.2) is 4.79 Å². The Morgan fingerprint density at radius 1 is 1.30 bits per heavy atom. The van der Waals surface area contributed by atoms with Crippen LogP contribution in [0.25, 0.3) is 0 Å². The minimum atomic E-state index is -0.896. The number of rotatable bonds is 4. The molecule has 2 fully saturated rings. The molecule has 23 heavy (non-hydrogen) atoms. The van der Waals surface area contributed by atoms with Crippen molar-refractivity contribution in [2.45, 2.75) is 59.3 Å². The highest BCUT2D eigenvalue weighted by Gasteiger charge is 2.57. The molecule has 0 aromatic heterocycles. The zero-order valence-electron chi connectivity index (χ0n) is 14.4. The van der Waals surface area contributed by atoms with Crippen molar-refractivity contribution in [3.05, 3.63) is 23.8 Å². The molecule has 0 amide bonds. The average molecular weight is 320 g/mol. The summed E-state index contributed by atoms with van der Waals surface area (Å²) in [6.07, 6.45) is 6.75. The number of allylic oxidation sites excluding steroid dienone is 2. The van der Waals surface area contributed by atoms with E-state index in [4.69, 9.17) is 5.11 Å². The van der Waals surface area contributed by atoms with E-state index in [0.717, 1.165) is 37.7 Å². The lowest BCUT2D eigenvalue weighted by molar-refractivity contribution is -0.164. The minimum Gasteiger partial charge on any atom is -0.481 e. The summed E-state index contributed by atoms with van der Waals surface area (Å²) in [5, 5.41) is 18.8. The van der Waals surface area contributed by atoms with E-state index < -0.39 is 17.4 Å². The summed E-state index contributed by atoms with van der Waals surface area (Å²) >= 11 is 0. The zero-order chi connectivity index (χ0) is 17.4. The molecule has 2 rings (SSSR count). The van der Waals surface area contributed by atoms with Gasteiger partial charge in [-0.1, -0.05) is 31.6 Å². The number of fused-ring (bicyclic) bond motifs is 1. The second-order valence-corrected chi connectivity index (χ2v) is 7.81. The highest BCUT2D eigenvalue weighted by atomic mass is 16.4. The van der Waals surface area contributed by atoms with Crippen LogP contribution >= 0.6 is 0 Å². The van der Waals surface area contributed by atoms with Crippen LogP contribution in [-0.2, 0) is 9.59 Å². The fraction of sp³-hybridized carbons (Fsp3) is 0.684. The lowest BCUT2D eigenvalue weighted by Gasteiger charge is -2.57. The quantitative estimate of drug-likeness (QED) is 0.599. The molecule has 0 spiro atoms. The largest absolute Gasteiger partial charge is 0.481 e. The predicted octanol–water partition coefficient (Wildman–Crippen LogP) is 4.27. The van der Waals surface area contributed by atoms with Crippen LogP contribution in [0, 0.1) is 22.7 Å². The minimum absolute atomic E-state index is 0.115. The van der Waals surface area contributed by atoms with Crippen LogP contribution in [0.3, 0.4) is 0 Å². The fourth-order valence-electron chi connectivity index (χ4n) is 5.02. The topological polar surface area (TPSA) is 74.6 Å². The Labute approximate surface area is 138 Å². The van der Waals surface area contributed by atoms with Crippen molar-refractivity contribution in [3.63, 3.8) is 0 Å². The summed E-state index contributed by atoms with van der Waals surface area (Å²) in [4.78, 5) is 22.9. The van der Waals surface area contributed by atoms with Gasteiger partial charge in [-0.05, 0) is 63.2 Å². The van der Waals surface area contributed by atoms with E-state index >= 15 is 0 Å². The van der Waals surface area contributed by atoms with Crippen molar-refractivity contribution in [1.82, 2.24) is 0 Å². The number of aliphatic carboxylic acids is 2. The highest BCUT2D eigenvalue weighted by molar-refractivity contribution is 5.85. The monoisotopic (exact) mass is 320 g/mol. The summed E-state index contributed by atoms with van der Waals surface area (Å²) in [6, 6.07) is 0. The van der Waals surface area contributed by atoms with Gasteiger partial charge in [0.1, 0.15) is 0 Å². The fourth-order valence-corrected chi connectivity index (χ4v) is 5.02. The first-order valence-electron chi connectivity index (χ1n) is 8.44. The Morgan fingerprint density at radius 3 is 2.52 bits per heavy atom. The van der Waals surface area contributed by atoms with Crippen LogP contribution in [0.1, 0.15) is 59.3 Å². The second kappa shape index (κ2) is 6.14. The summed E-state index contributed by atoms with van der Waals surface area (Å²) in [7, 11) is 0. The predicted molar refractivity (Wildman–Crippen MR) is 89.1 cm³/mol. The lowest BCUT2D eigenvalue weighted by Crippen LogP contribution is -2.53. The van der Waals surface area contributed by atoms with Gasteiger partial charge in [0.2, 0.25) is 0 Å². The van der Waals surface area contributed by atoms with Crippen LogP contribution in [-0.4, -0.2) is 22.2 Å². The van der Waals surface area contributed by atoms with E-state index in [2.05, 4.69) is 13.5 Å². The van der Waals surface area contributed by atoms with Crippen LogP contribution in [0.15, 0.2) is 23.8 Å². The van der Waals surface area contributed by atoms with E-state index in [9.17, 15) is 14.7 Å². The van der Waals surface area contributed by atoms with Gasteiger partial charge in [0.05, 0.1) is 5.41 Å². The van der Waals surface area contributed by atoms with Crippen molar-refractivity contribution < 1.29 is 19.8 Å². The number of hydrogen-bond acceptors (Lipinski definition) is 2. The van der Waals surface area contributed by atoms with Gasteiger partial charge in [-0.15, -0.1) is 0 Å². The number of carbonyl (C=O) groups is 2. The first-order valence-corrected chi connectivity index (χ1v) is 8.44. The highest BCUT2D eigenvalue weighted by Crippen LogP contribution is 2.61. The Morgan fingerprint density at radius 2 is 1.96 bits per heavy atom. The maximum absolute atomic E-state index is 11.9. The van der Waals surface area contributed by atoms with E-state index in [1.165, 1.54) is 0 Å². The first-order chi connectivity index (χ1) is 10.6. The summed E-state index contributed by atoms with van der Waals surface area (Å²) < 4.78 is 0. The van der Waals surface area contributed by atoms with Crippen molar-refractivity contribution >= 4 is 11.9 Å². The molecule has 4 unspecified atom stereocenters. The molecule has 4 atom stereocenters. The van der Waals surface area contributed by atoms with Gasteiger partial charge in [0, 0.05) is 5.57 Å². The molecule has 2 saturated carbocycles. The second-order valence-electron chi connectivity index (χ2n) is 7.81. The molecule has 2 aliphatic rings. The van der Waals surface area contributed by atoms with Crippen LogP contribution in [0.5, 0.6) is 0 Å². The number of hydrogen-bond donors (Lipinski definition) is 2. The van der Waals surface area contributed by atoms with Gasteiger partial charge in [0.15, 0.2) is 0 Å². The van der Waals surface area contributed by atoms with Gasteiger partial charge < -0.3 is 10.2 Å². The molecule has 128 valence electrons. The molecule has 4 heteroatoms. The summed E-state index contributed by atoms with van der Waals surface area (Å²) in [5.41, 5.74) is 0.696. The third-order valence-corrected chi connectivity index (χ3v) is 6.51. The van der Waals surface area contributed by atoms with E-state index in [1.54, 1.807) is 13.0 Å². The van der Waals surface area contributed by atoms with Crippen molar-refractivity contribution in [3.8, 4) is 0 Å². The van der Waals surface area contributed by atoms with Gasteiger partial charge in [0.25, 0.3) is 0 Å². The zero-order valence-corrected chi connectivity index (χ0v) is 14.4. The maximum Gasteiger partial charge on any atom is 0.330 e. The van der Waals surface area contributed by atoms with Crippen LogP contribution < -0.4 is 0 Å².